The molecule has 0 atom stereocenters. The van der Waals surface area contributed by atoms with Gasteiger partial charge in [0.05, 0.1) is 10.7 Å². The molecule has 1 amide bonds. The zero-order valence-electron chi connectivity index (χ0n) is 13.9. The fraction of sp³-hybridized carbons (Fsp3) is 0.471. The van der Waals surface area contributed by atoms with Crippen LogP contribution in [0.3, 0.4) is 0 Å². The highest BCUT2D eigenvalue weighted by atomic mass is 35.5. The molecule has 24 heavy (non-hydrogen) atoms. The summed E-state index contributed by atoms with van der Waals surface area (Å²) >= 11 is 5.87. The minimum absolute atomic E-state index is 0.0361. The zero-order valence-corrected chi connectivity index (χ0v) is 14.6. The smallest absolute Gasteiger partial charge is 0.223 e. The topological polar surface area (TPSA) is 71.3 Å². The van der Waals surface area contributed by atoms with Crippen LogP contribution in [0.25, 0.3) is 0 Å². The van der Waals surface area contributed by atoms with Crippen LogP contribution >= 0.6 is 11.6 Å². The van der Waals surface area contributed by atoms with Crippen molar-refractivity contribution in [2.24, 2.45) is 5.92 Å². The molecule has 7 heteroatoms. The highest BCUT2D eigenvalue weighted by molar-refractivity contribution is 6.30. The van der Waals surface area contributed by atoms with Gasteiger partial charge >= 0.3 is 0 Å². The first-order chi connectivity index (χ1) is 11.5. The molecule has 1 N–H and O–H groups in total. The van der Waals surface area contributed by atoms with Gasteiger partial charge in [-0.25, -0.2) is 4.98 Å². The lowest BCUT2D eigenvalue weighted by Gasteiger charge is -2.32. The lowest BCUT2D eigenvalue weighted by Crippen LogP contribution is -2.40. The molecule has 0 saturated carbocycles. The van der Waals surface area contributed by atoms with E-state index in [-0.39, 0.29) is 11.8 Å². The van der Waals surface area contributed by atoms with Crippen molar-refractivity contribution in [2.75, 3.05) is 18.0 Å². The molecule has 1 aliphatic heterocycles. The fourth-order valence-corrected chi connectivity index (χ4v) is 3.11. The first-order valence-corrected chi connectivity index (χ1v) is 8.48. The Morgan fingerprint density at radius 2 is 2.12 bits per heavy atom. The first kappa shape index (κ1) is 16.8. The summed E-state index contributed by atoms with van der Waals surface area (Å²) in [5, 5.41) is 7.55. The maximum absolute atomic E-state index is 12.4. The summed E-state index contributed by atoms with van der Waals surface area (Å²) in [6.45, 7) is 5.85. The Morgan fingerprint density at radius 3 is 2.71 bits per heavy atom. The Kier molecular flexibility index (Phi) is 5.04. The molecule has 1 fully saturated rings. The minimum atomic E-state index is 0.0361. The van der Waals surface area contributed by atoms with Gasteiger partial charge in [-0.1, -0.05) is 16.8 Å². The Morgan fingerprint density at radius 1 is 1.38 bits per heavy atom. The number of carbonyl (C=O) groups is 1. The number of anilines is 1. The lowest BCUT2D eigenvalue weighted by molar-refractivity contribution is -0.125. The summed E-state index contributed by atoms with van der Waals surface area (Å²) in [5.74, 6) is 1.80. The van der Waals surface area contributed by atoms with E-state index in [1.54, 1.807) is 6.20 Å². The van der Waals surface area contributed by atoms with Crippen LogP contribution in [-0.2, 0) is 11.3 Å². The van der Waals surface area contributed by atoms with Crippen LogP contribution in [0.15, 0.2) is 22.9 Å². The number of nitrogens with one attached hydrogen (secondary N) is 1. The first-order valence-electron chi connectivity index (χ1n) is 8.10. The van der Waals surface area contributed by atoms with Gasteiger partial charge in [0.1, 0.15) is 11.6 Å². The maximum atomic E-state index is 12.4. The number of pyridine rings is 1. The third-order valence-corrected chi connectivity index (χ3v) is 4.75. The zero-order chi connectivity index (χ0) is 17.1. The van der Waals surface area contributed by atoms with Crippen molar-refractivity contribution in [2.45, 2.75) is 33.2 Å². The summed E-state index contributed by atoms with van der Waals surface area (Å²) in [6, 6.07) is 3.76. The molecule has 6 nitrogen and oxygen atoms in total. The Hall–Kier alpha value is -2.08. The summed E-state index contributed by atoms with van der Waals surface area (Å²) in [4.78, 5) is 18.9. The van der Waals surface area contributed by atoms with Crippen LogP contribution in [-0.4, -0.2) is 29.1 Å². The van der Waals surface area contributed by atoms with Crippen molar-refractivity contribution >= 4 is 23.3 Å². The highest BCUT2D eigenvalue weighted by Gasteiger charge is 2.25. The van der Waals surface area contributed by atoms with Gasteiger partial charge < -0.3 is 14.7 Å². The van der Waals surface area contributed by atoms with Crippen molar-refractivity contribution < 1.29 is 9.32 Å². The summed E-state index contributed by atoms with van der Waals surface area (Å²) in [7, 11) is 0. The van der Waals surface area contributed by atoms with Gasteiger partial charge in [-0.05, 0) is 38.8 Å². The van der Waals surface area contributed by atoms with E-state index in [2.05, 4.69) is 20.4 Å². The van der Waals surface area contributed by atoms with Crippen LogP contribution in [0.2, 0.25) is 5.02 Å². The van der Waals surface area contributed by atoms with Gasteiger partial charge in [-0.15, -0.1) is 0 Å². The molecule has 0 aliphatic carbocycles. The second-order valence-corrected chi connectivity index (χ2v) is 6.55. The van der Waals surface area contributed by atoms with Gasteiger partial charge in [0.15, 0.2) is 0 Å². The van der Waals surface area contributed by atoms with Gasteiger partial charge in [-0.3, -0.25) is 4.79 Å². The number of hydrogen-bond acceptors (Lipinski definition) is 5. The van der Waals surface area contributed by atoms with E-state index < -0.39 is 0 Å². The fourth-order valence-electron chi connectivity index (χ4n) is 3.00. The Bertz CT molecular complexity index is 686. The van der Waals surface area contributed by atoms with Crippen LogP contribution in [0.5, 0.6) is 0 Å². The molecule has 2 aromatic heterocycles. The van der Waals surface area contributed by atoms with Crippen molar-refractivity contribution in [3.63, 3.8) is 0 Å². The minimum Gasteiger partial charge on any atom is -0.361 e. The summed E-state index contributed by atoms with van der Waals surface area (Å²) < 4.78 is 5.12. The quantitative estimate of drug-likeness (QED) is 0.919. The molecule has 1 saturated heterocycles. The van der Waals surface area contributed by atoms with E-state index in [1.165, 1.54) is 0 Å². The van der Waals surface area contributed by atoms with E-state index in [1.807, 2.05) is 26.0 Å². The van der Waals surface area contributed by atoms with Gasteiger partial charge in [-0.2, -0.15) is 0 Å². The standard InChI is InChI=1S/C17H21ClN4O2/c1-11-15(12(2)24-21-11)10-20-17(23)13-5-7-22(8-6-13)16-4-3-14(18)9-19-16/h3-4,9,13H,5-8,10H2,1-2H3,(H,20,23). The van der Waals surface area contributed by atoms with Crippen LogP contribution in [0.4, 0.5) is 5.82 Å². The number of hydrogen-bond donors (Lipinski definition) is 1. The van der Waals surface area contributed by atoms with Crippen LogP contribution < -0.4 is 10.2 Å². The highest BCUT2D eigenvalue weighted by Crippen LogP contribution is 2.23. The average Bonchev–Trinajstić information content (AvgIpc) is 2.92. The molecule has 3 rings (SSSR count). The summed E-state index contributed by atoms with van der Waals surface area (Å²) in [5.41, 5.74) is 1.79. The molecule has 0 radical (unpaired) electrons. The average molecular weight is 349 g/mol. The van der Waals surface area contributed by atoms with E-state index in [4.69, 9.17) is 16.1 Å². The normalized spacial score (nSPS) is 15.5. The number of piperidine rings is 1. The van der Waals surface area contributed by atoms with Crippen molar-refractivity contribution in [3.8, 4) is 0 Å². The molecular weight excluding hydrogens is 328 g/mol. The predicted octanol–water partition coefficient (Wildman–Crippen LogP) is 2.87. The van der Waals surface area contributed by atoms with E-state index in [0.717, 1.165) is 48.8 Å². The number of amides is 1. The Balaban J connectivity index is 1.51. The van der Waals surface area contributed by atoms with Gasteiger partial charge in [0.25, 0.3) is 0 Å². The largest absolute Gasteiger partial charge is 0.361 e. The van der Waals surface area contributed by atoms with Crippen molar-refractivity contribution in [1.29, 1.82) is 0 Å². The molecule has 0 spiro atoms. The monoisotopic (exact) mass is 348 g/mol. The van der Waals surface area contributed by atoms with Crippen LogP contribution in [0, 0.1) is 19.8 Å². The Labute approximate surface area is 146 Å². The summed E-state index contributed by atoms with van der Waals surface area (Å²) in [6.07, 6.45) is 3.29. The molecule has 1 aliphatic rings. The number of carbonyl (C=O) groups excluding carboxylic acids is 1. The predicted molar refractivity (Wildman–Crippen MR) is 92.0 cm³/mol. The third-order valence-electron chi connectivity index (χ3n) is 4.52. The van der Waals surface area contributed by atoms with Crippen molar-refractivity contribution in [1.82, 2.24) is 15.5 Å². The maximum Gasteiger partial charge on any atom is 0.223 e. The van der Waals surface area contributed by atoms with E-state index in [9.17, 15) is 4.79 Å². The van der Waals surface area contributed by atoms with E-state index in [0.29, 0.717) is 11.6 Å². The number of nitrogens with zero attached hydrogens (tertiary/aromatic N) is 3. The van der Waals surface area contributed by atoms with Crippen LogP contribution in [0.1, 0.15) is 29.9 Å². The third kappa shape index (κ3) is 3.70. The molecular formula is C17H21ClN4O2. The van der Waals surface area contributed by atoms with Gasteiger partial charge in [0.2, 0.25) is 5.91 Å². The second kappa shape index (κ2) is 7.21. The lowest BCUT2D eigenvalue weighted by atomic mass is 9.95. The van der Waals surface area contributed by atoms with E-state index >= 15 is 0 Å². The number of halogens is 1. The molecule has 0 unspecified atom stereocenters. The molecule has 3 heterocycles. The second-order valence-electron chi connectivity index (χ2n) is 6.12. The van der Waals surface area contributed by atoms with Gasteiger partial charge in [0, 0.05) is 37.3 Å². The number of aryl methyl sites for hydroxylation is 2. The molecule has 0 aromatic carbocycles. The molecule has 2 aromatic rings. The molecule has 0 bridgehead atoms. The molecule has 128 valence electrons. The number of aromatic nitrogens is 2. The van der Waals surface area contributed by atoms with Crippen molar-refractivity contribution in [3.05, 3.63) is 40.4 Å². The SMILES string of the molecule is Cc1noc(C)c1CNC(=O)C1CCN(c2ccc(Cl)cn2)CC1. The number of rotatable bonds is 4.